The molecule has 0 radical (unpaired) electrons. The Kier molecular flexibility index (Phi) is 1.90. The largest absolute Gasteiger partial charge is 0.272 e. The third-order valence-electron chi connectivity index (χ3n) is 2.76. The van der Waals surface area contributed by atoms with E-state index in [9.17, 15) is 13.2 Å². The van der Waals surface area contributed by atoms with Crippen LogP contribution in [-0.4, -0.2) is 15.7 Å². The molecule has 1 aliphatic rings. The molecule has 1 heterocycles. The van der Waals surface area contributed by atoms with Crippen molar-refractivity contribution in [2.24, 2.45) is 0 Å². The van der Waals surface area contributed by atoms with Crippen molar-refractivity contribution in [2.45, 2.75) is 18.4 Å². The Labute approximate surface area is 97.2 Å². The maximum atomic E-state index is 13.2. The Balaban J connectivity index is 2.19. The average Bonchev–Trinajstić information content (AvgIpc) is 2.70. The molecule has 2 aromatic rings. The third-order valence-corrected chi connectivity index (χ3v) is 3.56. The van der Waals surface area contributed by atoms with Gasteiger partial charge in [-0.25, -0.2) is 13.2 Å². The molecule has 0 spiro atoms. The molecule has 1 saturated carbocycles. The number of hydrogen-bond acceptors (Lipinski definition) is 1. The van der Waals surface area contributed by atoms with E-state index in [4.69, 9.17) is 0 Å². The molecule has 0 amide bonds. The van der Waals surface area contributed by atoms with Gasteiger partial charge in [0, 0.05) is 11.8 Å². The van der Waals surface area contributed by atoms with Crippen LogP contribution in [-0.2, 0) is 0 Å². The van der Waals surface area contributed by atoms with Gasteiger partial charge in [-0.2, -0.15) is 5.10 Å². The van der Waals surface area contributed by atoms with E-state index in [0.29, 0.717) is 10.9 Å². The molecule has 1 atom stereocenters. The molecule has 3 rings (SSSR count). The second kappa shape index (κ2) is 3.00. The number of fused-ring (bicyclic) bond motifs is 1. The van der Waals surface area contributed by atoms with Crippen LogP contribution >= 0.6 is 15.9 Å². The first-order chi connectivity index (χ1) is 7.50. The fourth-order valence-electron chi connectivity index (χ4n) is 1.77. The normalized spacial score (nSPS) is 22.6. The lowest BCUT2D eigenvalue weighted by atomic mass is 10.2. The maximum Gasteiger partial charge on any atom is 0.272 e. The second-order valence-electron chi connectivity index (χ2n) is 3.86. The van der Waals surface area contributed by atoms with Gasteiger partial charge in [-0.3, -0.25) is 4.68 Å². The van der Waals surface area contributed by atoms with Crippen molar-refractivity contribution in [1.82, 2.24) is 9.78 Å². The molecule has 2 nitrogen and oxygen atoms in total. The van der Waals surface area contributed by atoms with E-state index in [1.165, 1.54) is 23.0 Å². The van der Waals surface area contributed by atoms with Crippen LogP contribution in [0, 0.1) is 5.82 Å². The van der Waals surface area contributed by atoms with Gasteiger partial charge in [0.15, 0.2) is 0 Å². The SMILES string of the molecule is Fc1ccc2c(cnn2C2CC2(F)F)c1Br. The predicted octanol–water partition coefficient (Wildman–Crippen LogP) is 3.52. The summed E-state index contributed by atoms with van der Waals surface area (Å²) >= 11 is 3.08. The fraction of sp³-hybridized carbons (Fsp3) is 0.300. The highest BCUT2D eigenvalue weighted by atomic mass is 79.9. The second-order valence-corrected chi connectivity index (χ2v) is 4.66. The highest BCUT2D eigenvalue weighted by Crippen LogP contribution is 2.53. The highest BCUT2D eigenvalue weighted by Gasteiger charge is 2.59. The molecular formula is C10H6BrF3N2. The third kappa shape index (κ3) is 1.29. The summed E-state index contributed by atoms with van der Waals surface area (Å²) in [5, 5.41) is 4.41. The predicted molar refractivity (Wildman–Crippen MR) is 56.0 cm³/mol. The summed E-state index contributed by atoms with van der Waals surface area (Å²) in [7, 11) is 0. The molecule has 84 valence electrons. The summed E-state index contributed by atoms with van der Waals surface area (Å²) in [6, 6.07) is 1.82. The number of halogens is 4. The van der Waals surface area contributed by atoms with Crippen LogP contribution in [0.1, 0.15) is 12.5 Å². The van der Waals surface area contributed by atoms with Gasteiger partial charge in [0.1, 0.15) is 11.9 Å². The fourth-order valence-corrected chi connectivity index (χ4v) is 2.21. The highest BCUT2D eigenvalue weighted by molar-refractivity contribution is 9.10. The lowest BCUT2D eigenvalue weighted by molar-refractivity contribution is 0.0992. The van der Waals surface area contributed by atoms with Gasteiger partial charge < -0.3 is 0 Å². The van der Waals surface area contributed by atoms with Crippen LogP contribution in [0.5, 0.6) is 0 Å². The zero-order chi connectivity index (χ0) is 11.5. The number of nitrogens with zero attached hydrogens (tertiary/aromatic N) is 2. The van der Waals surface area contributed by atoms with Crippen molar-refractivity contribution in [2.75, 3.05) is 0 Å². The summed E-state index contributed by atoms with van der Waals surface area (Å²) in [5.41, 5.74) is 0.524. The van der Waals surface area contributed by atoms with Gasteiger partial charge in [0.25, 0.3) is 5.92 Å². The summed E-state index contributed by atoms with van der Waals surface area (Å²) in [5.74, 6) is -3.10. The average molecular weight is 291 g/mol. The molecule has 0 aliphatic heterocycles. The van der Waals surface area contributed by atoms with Crippen molar-refractivity contribution in [3.63, 3.8) is 0 Å². The van der Waals surface area contributed by atoms with Crippen LogP contribution in [0.25, 0.3) is 10.9 Å². The van der Waals surface area contributed by atoms with Crippen LogP contribution in [0.3, 0.4) is 0 Å². The lowest BCUT2D eigenvalue weighted by Crippen LogP contribution is -2.03. The molecule has 1 aliphatic carbocycles. The van der Waals surface area contributed by atoms with E-state index in [0.717, 1.165) is 0 Å². The minimum atomic E-state index is -2.68. The molecule has 16 heavy (non-hydrogen) atoms. The standard InChI is InChI=1S/C10H6BrF3N2/c11-9-5-4-15-16(8-3-10(8,13)14)7(5)2-1-6(9)12/h1-2,4,8H,3H2. The first kappa shape index (κ1) is 10.1. The van der Waals surface area contributed by atoms with Crippen LogP contribution in [0.4, 0.5) is 13.2 Å². The van der Waals surface area contributed by atoms with Gasteiger partial charge in [-0.15, -0.1) is 0 Å². The molecule has 1 aromatic heterocycles. The topological polar surface area (TPSA) is 17.8 Å². The Morgan fingerprint density at radius 1 is 1.44 bits per heavy atom. The van der Waals surface area contributed by atoms with Gasteiger partial charge in [0.2, 0.25) is 0 Å². The molecule has 1 aromatic carbocycles. The van der Waals surface area contributed by atoms with Crippen LogP contribution in [0.15, 0.2) is 22.8 Å². The van der Waals surface area contributed by atoms with E-state index in [2.05, 4.69) is 21.0 Å². The number of hydrogen-bond donors (Lipinski definition) is 0. The zero-order valence-electron chi connectivity index (χ0n) is 7.92. The summed E-state index contributed by atoms with van der Waals surface area (Å²) < 4.78 is 40.6. The van der Waals surface area contributed by atoms with Crippen molar-refractivity contribution in [3.05, 3.63) is 28.6 Å². The Morgan fingerprint density at radius 2 is 2.12 bits per heavy atom. The Bertz CT molecular complexity index is 579. The van der Waals surface area contributed by atoms with E-state index in [1.54, 1.807) is 0 Å². The Hall–Kier alpha value is -1.04. The molecular weight excluding hydrogens is 285 g/mol. The van der Waals surface area contributed by atoms with Crippen LogP contribution < -0.4 is 0 Å². The van der Waals surface area contributed by atoms with E-state index >= 15 is 0 Å². The van der Waals surface area contributed by atoms with Crippen molar-refractivity contribution in [3.8, 4) is 0 Å². The Morgan fingerprint density at radius 3 is 2.75 bits per heavy atom. The van der Waals surface area contributed by atoms with Crippen molar-refractivity contribution >= 4 is 26.8 Å². The van der Waals surface area contributed by atoms with Crippen molar-refractivity contribution < 1.29 is 13.2 Å². The number of rotatable bonds is 1. The van der Waals surface area contributed by atoms with Crippen LogP contribution in [0.2, 0.25) is 0 Å². The quantitative estimate of drug-likeness (QED) is 0.786. The van der Waals surface area contributed by atoms with E-state index < -0.39 is 17.8 Å². The first-order valence-corrected chi connectivity index (χ1v) is 5.49. The van der Waals surface area contributed by atoms with E-state index in [-0.39, 0.29) is 10.9 Å². The molecule has 1 fully saturated rings. The number of alkyl halides is 2. The minimum absolute atomic E-state index is 0.196. The van der Waals surface area contributed by atoms with E-state index in [1.807, 2.05) is 0 Å². The number of benzene rings is 1. The maximum absolute atomic E-state index is 13.2. The minimum Gasteiger partial charge on any atom is -0.255 e. The van der Waals surface area contributed by atoms with Crippen molar-refractivity contribution in [1.29, 1.82) is 0 Å². The first-order valence-electron chi connectivity index (χ1n) is 4.70. The monoisotopic (exact) mass is 290 g/mol. The molecule has 0 saturated heterocycles. The lowest BCUT2D eigenvalue weighted by Gasteiger charge is -2.02. The van der Waals surface area contributed by atoms with Gasteiger partial charge in [-0.05, 0) is 28.1 Å². The zero-order valence-corrected chi connectivity index (χ0v) is 9.51. The summed E-state index contributed by atoms with van der Waals surface area (Å²) in [6.45, 7) is 0. The van der Waals surface area contributed by atoms with Gasteiger partial charge >= 0.3 is 0 Å². The summed E-state index contributed by atoms with van der Waals surface area (Å²) in [6.07, 6.45) is 1.20. The van der Waals surface area contributed by atoms with Gasteiger partial charge in [0.05, 0.1) is 16.2 Å². The molecule has 6 heteroatoms. The molecule has 1 unspecified atom stereocenters. The molecule has 0 N–H and O–H groups in total. The molecule has 0 bridgehead atoms. The smallest absolute Gasteiger partial charge is 0.255 e. The number of aromatic nitrogens is 2. The van der Waals surface area contributed by atoms with Gasteiger partial charge in [-0.1, -0.05) is 0 Å². The summed E-state index contributed by atoms with van der Waals surface area (Å²) in [4.78, 5) is 0.